The topological polar surface area (TPSA) is 55.8 Å². The Bertz CT molecular complexity index is 504. The number of benzene rings is 1. The van der Waals surface area contributed by atoms with E-state index in [0.29, 0.717) is 5.56 Å². The van der Waals surface area contributed by atoms with Crippen LogP contribution in [-0.2, 0) is 15.4 Å². The number of hydrogen-bond acceptors (Lipinski definition) is 4. The molecule has 0 fully saturated rings. The predicted octanol–water partition coefficient (Wildman–Crippen LogP) is 3.62. The van der Waals surface area contributed by atoms with Gasteiger partial charge in [0.1, 0.15) is 11.2 Å². The van der Waals surface area contributed by atoms with Crippen LogP contribution >= 0.6 is 0 Å². The van der Waals surface area contributed by atoms with E-state index in [1.54, 1.807) is 18.2 Å². The van der Waals surface area contributed by atoms with Gasteiger partial charge in [0.2, 0.25) is 0 Å². The predicted molar refractivity (Wildman–Crippen MR) is 82.0 cm³/mol. The summed E-state index contributed by atoms with van der Waals surface area (Å²) in [5.74, 6) is -0.322. The highest BCUT2D eigenvalue weighted by atomic mass is 17.2. The summed E-state index contributed by atoms with van der Waals surface area (Å²) in [6.45, 7) is 12.4. The number of carbonyl (C=O) groups excluding carboxylic acids is 1. The maximum Gasteiger partial charge on any atom is 0.193 e. The van der Waals surface area contributed by atoms with Gasteiger partial charge >= 0.3 is 0 Å². The van der Waals surface area contributed by atoms with Crippen LogP contribution in [0.5, 0.6) is 0 Å². The molecule has 0 aliphatic heterocycles. The van der Waals surface area contributed by atoms with Crippen molar-refractivity contribution in [1.29, 1.82) is 0 Å². The fourth-order valence-electron chi connectivity index (χ4n) is 1.67. The molecule has 1 aromatic rings. The van der Waals surface area contributed by atoms with E-state index in [9.17, 15) is 9.90 Å². The standard InChI is InChI=1S/C17H26O4/c1-15(2,3)20-21-17(6,7)13-10-8-9-12(11-13)14(18)16(4,5)19/h8-11,19H,1-7H3. The Kier molecular flexibility index (Phi) is 4.98. The Morgan fingerprint density at radius 3 is 2.05 bits per heavy atom. The van der Waals surface area contributed by atoms with Crippen molar-refractivity contribution in [2.45, 2.75) is 65.3 Å². The first-order valence-electron chi connectivity index (χ1n) is 7.07. The molecular weight excluding hydrogens is 268 g/mol. The molecule has 0 bridgehead atoms. The summed E-state index contributed by atoms with van der Waals surface area (Å²) in [7, 11) is 0. The second kappa shape index (κ2) is 5.87. The summed E-state index contributed by atoms with van der Waals surface area (Å²) in [5, 5.41) is 9.84. The first-order valence-corrected chi connectivity index (χ1v) is 7.07. The highest BCUT2D eigenvalue weighted by molar-refractivity contribution is 6.01. The fraction of sp³-hybridized carbons (Fsp3) is 0.588. The lowest BCUT2D eigenvalue weighted by Gasteiger charge is -2.29. The SMILES string of the molecule is CC(C)(C)OOC(C)(C)c1cccc(C(=O)C(C)(C)O)c1. The van der Waals surface area contributed by atoms with Crippen molar-refractivity contribution in [2.75, 3.05) is 0 Å². The van der Waals surface area contributed by atoms with Gasteiger partial charge in [-0.05, 0) is 60.1 Å². The van der Waals surface area contributed by atoms with Gasteiger partial charge < -0.3 is 5.11 Å². The molecule has 0 unspecified atom stereocenters. The number of rotatable bonds is 5. The molecule has 0 spiro atoms. The molecule has 4 heteroatoms. The van der Waals surface area contributed by atoms with Crippen molar-refractivity contribution in [1.82, 2.24) is 0 Å². The van der Waals surface area contributed by atoms with Gasteiger partial charge in [0.15, 0.2) is 5.78 Å². The van der Waals surface area contributed by atoms with E-state index < -0.39 is 16.8 Å². The number of carbonyl (C=O) groups is 1. The Morgan fingerprint density at radius 2 is 1.57 bits per heavy atom. The first-order chi connectivity index (χ1) is 9.33. The van der Waals surface area contributed by atoms with Gasteiger partial charge in [-0.3, -0.25) is 4.79 Å². The molecule has 0 amide bonds. The third-order valence-corrected chi connectivity index (χ3v) is 2.88. The minimum absolute atomic E-state index is 0.322. The van der Waals surface area contributed by atoms with Crippen LogP contribution in [0.25, 0.3) is 0 Å². The van der Waals surface area contributed by atoms with Crippen LogP contribution in [-0.4, -0.2) is 22.1 Å². The molecular formula is C17H26O4. The molecule has 0 aliphatic carbocycles. The maximum atomic E-state index is 12.1. The Morgan fingerprint density at radius 1 is 1.00 bits per heavy atom. The molecule has 1 N–H and O–H groups in total. The number of hydrogen-bond donors (Lipinski definition) is 1. The summed E-state index contributed by atoms with van der Waals surface area (Å²) < 4.78 is 0. The molecule has 0 atom stereocenters. The fourth-order valence-corrected chi connectivity index (χ4v) is 1.67. The van der Waals surface area contributed by atoms with E-state index >= 15 is 0 Å². The van der Waals surface area contributed by atoms with Crippen molar-refractivity contribution in [2.24, 2.45) is 0 Å². The zero-order chi connectivity index (χ0) is 16.5. The van der Waals surface area contributed by atoms with Gasteiger partial charge in [-0.15, -0.1) is 0 Å². The largest absolute Gasteiger partial charge is 0.382 e. The summed E-state index contributed by atoms with van der Waals surface area (Å²) in [6, 6.07) is 7.06. The van der Waals surface area contributed by atoms with Crippen molar-refractivity contribution in [3.05, 3.63) is 35.4 Å². The lowest BCUT2D eigenvalue weighted by Crippen LogP contribution is -2.32. The lowest BCUT2D eigenvalue weighted by molar-refractivity contribution is -0.401. The van der Waals surface area contributed by atoms with E-state index in [0.717, 1.165) is 5.56 Å². The molecule has 0 heterocycles. The summed E-state index contributed by atoms with van der Waals surface area (Å²) in [5.41, 5.74) is -1.26. The average Bonchev–Trinajstić information content (AvgIpc) is 2.34. The minimum atomic E-state index is -1.40. The van der Waals surface area contributed by atoms with Crippen LogP contribution in [0.1, 0.15) is 64.4 Å². The average molecular weight is 294 g/mol. The molecule has 0 saturated carbocycles. The van der Waals surface area contributed by atoms with Gasteiger partial charge in [0.25, 0.3) is 0 Å². The van der Waals surface area contributed by atoms with Crippen LogP contribution in [0.3, 0.4) is 0 Å². The molecule has 118 valence electrons. The smallest absolute Gasteiger partial charge is 0.193 e. The van der Waals surface area contributed by atoms with Gasteiger partial charge in [-0.2, -0.15) is 0 Å². The third kappa shape index (κ3) is 5.23. The molecule has 21 heavy (non-hydrogen) atoms. The number of Topliss-reactive ketones (excluding diaryl/α,β-unsaturated/α-hetero) is 1. The first kappa shape index (κ1) is 17.8. The van der Waals surface area contributed by atoms with Crippen LogP contribution in [0.4, 0.5) is 0 Å². The highest BCUT2D eigenvalue weighted by Gasteiger charge is 2.29. The van der Waals surface area contributed by atoms with Gasteiger partial charge in [-0.25, -0.2) is 9.78 Å². The van der Waals surface area contributed by atoms with E-state index in [1.165, 1.54) is 13.8 Å². The Labute approximate surface area is 127 Å². The summed E-state index contributed by atoms with van der Waals surface area (Å²) in [6.07, 6.45) is 0. The van der Waals surface area contributed by atoms with Gasteiger partial charge in [0.05, 0.1) is 5.60 Å². The molecule has 0 saturated heterocycles. The lowest BCUT2D eigenvalue weighted by atomic mass is 9.91. The zero-order valence-electron chi connectivity index (χ0n) is 14.0. The molecule has 4 nitrogen and oxygen atoms in total. The van der Waals surface area contributed by atoms with Crippen molar-refractivity contribution in [3.63, 3.8) is 0 Å². The molecule has 0 aliphatic rings. The van der Waals surface area contributed by atoms with E-state index in [-0.39, 0.29) is 5.78 Å². The summed E-state index contributed by atoms with van der Waals surface area (Å²) >= 11 is 0. The van der Waals surface area contributed by atoms with E-state index in [2.05, 4.69) is 0 Å². The number of aliphatic hydroxyl groups is 1. The molecule has 1 aromatic carbocycles. The maximum absolute atomic E-state index is 12.1. The minimum Gasteiger partial charge on any atom is -0.382 e. The molecule has 0 aromatic heterocycles. The second-order valence-corrected chi connectivity index (χ2v) is 7.26. The zero-order valence-corrected chi connectivity index (χ0v) is 14.0. The molecule has 0 radical (unpaired) electrons. The highest BCUT2D eigenvalue weighted by Crippen LogP contribution is 2.28. The monoisotopic (exact) mass is 294 g/mol. The van der Waals surface area contributed by atoms with Crippen LogP contribution in [0, 0.1) is 0 Å². The molecule has 1 rings (SSSR count). The quantitative estimate of drug-likeness (QED) is 0.512. The Balaban J connectivity index is 3.01. The van der Waals surface area contributed by atoms with Crippen LogP contribution in [0.2, 0.25) is 0 Å². The van der Waals surface area contributed by atoms with Crippen LogP contribution < -0.4 is 0 Å². The van der Waals surface area contributed by atoms with E-state index in [4.69, 9.17) is 9.78 Å². The second-order valence-electron chi connectivity index (χ2n) is 7.26. The third-order valence-electron chi connectivity index (χ3n) is 2.88. The van der Waals surface area contributed by atoms with E-state index in [1.807, 2.05) is 40.7 Å². The normalized spacial score (nSPS) is 13.3. The number of ketones is 1. The van der Waals surface area contributed by atoms with Gasteiger partial charge in [0, 0.05) is 5.56 Å². The van der Waals surface area contributed by atoms with Crippen molar-refractivity contribution >= 4 is 5.78 Å². The van der Waals surface area contributed by atoms with Crippen molar-refractivity contribution in [3.8, 4) is 0 Å². The van der Waals surface area contributed by atoms with Gasteiger partial charge in [-0.1, -0.05) is 18.2 Å². The van der Waals surface area contributed by atoms with Crippen LogP contribution in [0.15, 0.2) is 24.3 Å². The van der Waals surface area contributed by atoms with Crippen molar-refractivity contribution < 1.29 is 19.7 Å². The Hall–Kier alpha value is -1.23. The summed E-state index contributed by atoms with van der Waals surface area (Å²) in [4.78, 5) is 23.0.